The minimum Gasteiger partial charge on any atom is -0.353 e. The Hall–Kier alpha value is -1.61. The zero-order chi connectivity index (χ0) is 11.0. The highest BCUT2D eigenvalue weighted by molar-refractivity contribution is 9.10. The Labute approximate surface area is 101 Å². The van der Waals surface area contributed by atoms with Gasteiger partial charge in [0.25, 0.3) is 0 Å². The van der Waals surface area contributed by atoms with Gasteiger partial charge in [-0.25, -0.2) is 0 Å². The van der Waals surface area contributed by atoms with E-state index in [1.165, 1.54) is 5.56 Å². The number of hydrogen-bond acceptors (Lipinski definition) is 1. The van der Waals surface area contributed by atoms with Gasteiger partial charge in [0.15, 0.2) is 0 Å². The molecule has 0 fully saturated rings. The summed E-state index contributed by atoms with van der Waals surface area (Å²) in [6.45, 7) is 0. The molecule has 0 spiro atoms. The molecule has 0 aliphatic carbocycles. The molecule has 3 heteroatoms. The highest BCUT2D eigenvalue weighted by Crippen LogP contribution is 2.24. The standard InChI is InChI=1S/C13H9BrN2/c14-10-5-3-9(4-6-10)12-8-13-11(16-12)2-1-7-15-13/h1-8,16H. The molecule has 3 aromatic rings. The van der Waals surface area contributed by atoms with Gasteiger partial charge in [0.2, 0.25) is 0 Å². The number of hydrogen-bond donors (Lipinski definition) is 1. The van der Waals surface area contributed by atoms with Crippen molar-refractivity contribution in [1.82, 2.24) is 9.97 Å². The molecular weight excluding hydrogens is 264 g/mol. The molecule has 0 aliphatic rings. The first kappa shape index (κ1) is 9.60. The van der Waals surface area contributed by atoms with E-state index in [1.807, 2.05) is 30.5 Å². The van der Waals surface area contributed by atoms with Crippen molar-refractivity contribution in [2.45, 2.75) is 0 Å². The SMILES string of the molecule is Brc1ccc(-c2cc3ncccc3[nH]2)cc1. The van der Waals surface area contributed by atoms with E-state index >= 15 is 0 Å². The smallest absolute Gasteiger partial charge is 0.0885 e. The Balaban J connectivity index is 2.15. The number of aromatic nitrogens is 2. The van der Waals surface area contributed by atoms with Gasteiger partial charge in [-0.05, 0) is 35.9 Å². The summed E-state index contributed by atoms with van der Waals surface area (Å²) in [6, 6.07) is 14.3. The molecule has 0 amide bonds. The van der Waals surface area contributed by atoms with E-state index in [0.29, 0.717) is 0 Å². The highest BCUT2D eigenvalue weighted by Gasteiger charge is 2.02. The minimum atomic E-state index is 1.00. The van der Waals surface area contributed by atoms with E-state index in [4.69, 9.17) is 0 Å². The molecule has 3 rings (SSSR count). The van der Waals surface area contributed by atoms with E-state index in [-0.39, 0.29) is 0 Å². The number of aromatic amines is 1. The maximum atomic E-state index is 4.30. The van der Waals surface area contributed by atoms with Crippen LogP contribution in [-0.4, -0.2) is 9.97 Å². The van der Waals surface area contributed by atoms with E-state index in [9.17, 15) is 0 Å². The fraction of sp³-hybridized carbons (Fsp3) is 0. The van der Waals surface area contributed by atoms with Crippen molar-refractivity contribution in [3.63, 3.8) is 0 Å². The van der Waals surface area contributed by atoms with Crippen LogP contribution in [0, 0.1) is 0 Å². The van der Waals surface area contributed by atoms with E-state index in [1.54, 1.807) is 0 Å². The number of fused-ring (bicyclic) bond motifs is 1. The maximum absolute atomic E-state index is 4.30. The first-order valence-electron chi connectivity index (χ1n) is 5.02. The molecule has 0 radical (unpaired) electrons. The van der Waals surface area contributed by atoms with Gasteiger partial charge in [-0.2, -0.15) is 0 Å². The van der Waals surface area contributed by atoms with Crippen LogP contribution in [0.1, 0.15) is 0 Å². The van der Waals surface area contributed by atoms with E-state index in [2.05, 4.69) is 44.1 Å². The van der Waals surface area contributed by atoms with Crippen LogP contribution in [0.3, 0.4) is 0 Å². The largest absolute Gasteiger partial charge is 0.353 e. The second-order valence-corrected chi connectivity index (χ2v) is 4.54. The Kier molecular flexibility index (Phi) is 2.26. The first-order valence-corrected chi connectivity index (χ1v) is 5.82. The number of benzene rings is 1. The fourth-order valence-electron chi connectivity index (χ4n) is 1.74. The average molecular weight is 273 g/mol. The summed E-state index contributed by atoms with van der Waals surface area (Å²) in [7, 11) is 0. The zero-order valence-electron chi connectivity index (χ0n) is 8.44. The Morgan fingerprint density at radius 2 is 1.88 bits per heavy atom. The van der Waals surface area contributed by atoms with Gasteiger partial charge < -0.3 is 4.98 Å². The molecule has 0 saturated heterocycles. The van der Waals surface area contributed by atoms with Crippen molar-refractivity contribution in [3.05, 3.63) is 53.1 Å². The van der Waals surface area contributed by atoms with Crippen LogP contribution in [0.25, 0.3) is 22.3 Å². The lowest BCUT2D eigenvalue weighted by atomic mass is 10.2. The predicted molar refractivity (Wildman–Crippen MR) is 69.2 cm³/mol. The van der Waals surface area contributed by atoms with Crippen LogP contribution < -0.4 is 0 Å². The lowest BCUT2D eigenvalue weighted by molar-refractivity contribution is 1.40. The minimum absolute atomic E-state index is 1.00. The van der Waals surface area contributed by atoms with Gasteiger partial charge in [-0.15, -0.1) is 0 Å². The molecule has 16 heavy (non-hydrogen) atoms. The second-order valence-electron chi connectivity index (χ2n) is 3.63. The molecule has 2 aromatic heterocycles. The third-order valence-corrected chi connectivity index (χ3v) is 3.07. The molecule has 78 valence electrons. The summed E-state index contributed by atoms with van der Waals surface area (Å²) in [6.07, 6.45) is 1.81. The summed E-state index contributed by atoms with van der Waals surface area (Å²) in [5.74, 6) is 0. The van der Waals surface area contributed by atoms with Crippen molar-refractivity contribution < 1.29 is 0 Å². The van der Waals surface area contributed by atoms with Crippen molar-refractivity contribution >= 4 is 27.0 Å². The summed E-state index contributed by atoms with van der Waals surface area (Å²) < 4.78 is 1.09. The molecule has 0 aliphatic heterocycles. The molecule has 1 aromatic carbocycles. The van der Waals surface area contributed by atoms with Crippen molar-refractivity contribution in [1.29, 1.82) is 0 Å². The summed E-state index contributed by atoms with van der Waals surface area (Å²) in [5, 5.41) is 0. The van der Waals surface area contributed by atoms with Crippen LogP contribution in [0.5, 0.6) is 0 Å². The maximum Gasteiger partial charge on any atom is 0.0885 e. The summed E-state index contributed by atoms with van der Waals surface area (Å²) in [4.78, 5) is 7.66. The molecule has 2 nitrogen and oxygen atoms in total. The van der Waals surface area contributed by atoms with E-state index in [0.717, 1.165) is 21.2 Å². The zero-order valence-corrected chi connectivity index (χ0v) is 10.0. The molecule has 0 saturated carbocycles. The summed E-state index contributed by atoms with van der Waals surface area (Å²) >= 11 is 3.43. The Morgan fingerprint density at radius 1 is 1.06 bits per heavy atom. The third-order valence-electron chi connectivity index (χ3n) is 2.54. The molecule has 2 heterocycles. The average Bonchev–Trinajstić information content (AvgIpc) is 2.73. The van der Waals surface area contributed by atoms with Crippen LogP contribution >= 0.6 is 15.9 Å². The number of nitrogens with zero attached hydrogens (tertiary/aromatic N) is 1. The van der Waals surface area contributed by atoms with Gasteiger partial charge in [0.05, 0.1) is 11.0 Å². The van der Waals surface area contributed by atoms with Gasteiger partial charge in [0.1, 0.15) is 0 Å². The van der Waals surface area contributed by atoms with Crippen LogP contribution in [-0.2, 0) is 0 Å². The molecular formula is C13H9BrN2. The molecule has 1 N–H and O–H groups in total. The number of pyridine rings is 1. The predicted octanol–water partition coefficient (Wildman–Crippen LogP) is 3.99. The van der Waals surface area contributed by atoms with Crippen LogP contribution in [0.4, 0.5) is 0 Å². The molecule has 0 bridgehead atoms. The van der Waals surface area contributed by atoms with Crippen molar-refractivity contribution in [2.24, 2.45) is 0 Å². The van der Waals surface area contributed by atoms with Crippen LogP contribution in [0.2, 0.25) is 0 Å². The third kappa shape index (κ3) is 1.63. The lowest BCUT2D eigenvalue weighted by Gasteiger charge is -1.96. The van der Waals surface area contributed by atoms with Gasteiger partial charge in [0, 0.05) is 16.4 Å². The highest BCUT2D eigenvalue weighted by atomic mass is 79.9. The second kappa shape index (κ2) is 3.76. The number of H-pyrrole nitrogens is 1. The van der Waals surface area contributed by atoms with E-state index < -0.39 is 0 Å². The Morgan fingerprint density at radius 3 is 2.62 bits per heavy atom. The van der Waals surface area contributed by atoms with Crippen LogP contribution in [0.15, 0.2) is 53.1 Å². The lowest BCUT2D eigenvalue weighted by Crippen LogP contribution is -1.75. The van der Waals surface area contributed by atoms with Crippen molar-refractivity contribution in [3.8, 4) is 11.3 Å². The number of nitrogens with one attached hydrogen (secondary N) is 1. The Bertz CT molecular complexity index is 593. The monoisotopic (exact) mass is 272 g/mol. The first-order chi connectivity index (χ1) is 7.83. The number of halogens is 1. The quantitative estimate of drug-likeness (QED) is 0.713. The normalized spacial score (nSPS) is 10.8. The topological polar surface area (TPSA) is 28.7 Å². The van der Waals surface area contributed by atoms with Crippen molar-refractivity contribution in [2.75, 3.05) is 0 Å². The fourth-order valence-corrected chi connectivity index (χ4v) is 2.01. The van der Waals surface area contributed by atoms with Gasteiger partial charge >= 0.3 is 0 Å². The summed E-state index contributed by atoms with van der Waals surface area (Å²) in [5.41, 5.74) is 4.34. The molecule has 0 unspecified atom stereocenters. The van der Waals surface area contributed by atoms with Gasteiger partial charge in [-0.3, -0.25) is 4.98 Å². The van der Waals surface area contributed by atoms with Gasteiger partial charge in [-0.1, -0.05) is 28.1 Å². The number of rotatable bonds is 1. The molecule has 0 atom stereocenters.